The lowest BCUT2D eigenvalue weighted by molar-refractivity contribution is 0.572. The van der Waals surface area contributed by atoms with E-state index in [1.165, 1.54) is 9.75 Å². The third-order valence-corrected chi connectivity index (χ3v) is 4.63. The first-order valence-electron chi connectivity index (χ1n) is 7.12. The molecule has 2 aromatic heterocycles. The van der Waals surface area contributed by atoms with Gasteiger partial charge in [0, 0.05) is 28.5 Å². The molecule has 0 aliphatic carbocycles. The lowest BCUT2D eigenvalue weighted by Crippen LogP contribution is -2.17. The smallest absolute Gasteiger partial charge is 0.0767 e. The number of nitrogens with one attached hydrogen (secondary N) is 1. The number of rotatable bonds is 5. The summed E-state index contributed by atoms with van der Waals surface area (Å²) in [5.41, 5.74) is 2.14. The highest BCUT2D eigenvalue weighted by Crippen LogP contribution is 2.22. The number of benzene rings is 1. The molecule has 0 saturated carbocycles. The topological polar surface area (TPSA) is 29.9 Å². The molecule has 3 rings (SSSR count). The molecule has 3 nitrogen and oxygen atoms in total. The van der Waals surface area contributed by atoms with Crippen LogP contribution in [0.15, 0.2) is 54.7 Å². The minimum atomic E-state index is 0.352. The number of para-hydroxylation sites is 1. The van der Waals surface area contributed by atoms with Gasteiger partial charge in [-0.15, -0.1) is 11.3 Å². The van der Waals surface area contributed by atoms with Crippen molar-refractivity contribution in [1.29, 1.82) is 0 Å². The van der Waals surface area contributed by atoms with Gasteiger partial charge in [0.2, 0.25) is 0 Å². The molecular formula is C17H19N3S. The molecule has 1 unspecified atom stereocenters. The van der Waals surface area contributed by atoms with Crippen LogP contribution >= 0.6 is 11.3 Å². The largest absolute Gasteiger partial charge is 0.304 e. The first kappa shape index (κ1) is 14.0. The molecule has 1 N–H and O–H groups in total. The van der Waals surface area contributed by atoms with Crippen molar-refractivity contribution < 1.29 is 0 Å². The molecule has 2 heterocycles. The van der Waals surface area contributed by atoms with E-state index >= 15 is 0 Å². The lowest BCUT2D eigenvalue weighted by Gasteiger charge is -2.10. The Morgan fingerprint density at radius 3 is 2.67 bits per heavy atom. The Morgan fingerprint density at radius 2 is 1.95 bits per heavy atom. The molecule has 1 atom stereocenters. The molecule has 108 valence electrons. The third kappa shape index (κ3) is 3.40. The van der Waals surface area contributed by atoms with Crippen LogP contribution in [0.25, 0.3) is 5.69 Å². The fourth-order valence-electron chi connectivity index (χ4n) is 2.22. The van der Waals surface area contributed by atoms with Crippen molar-refractivity contribution in [3.05, 3.63) is 70.2 Å². The van der Waals surface area contributed by atoms with Gasteiger partial charge in [0.1, 0.15) is 0 Å². The van der Waals surface area contributed by atoms with E-state index in [1.54, 1.807) is 0 Å². The van der Waals surface area contributed by atoms with Crippen molar-refractivity contribution >= 4 is 11.3 Å². The van der Waals surface area contributed by atoms with Gasteiger partial charge in [-0.25, -0.2) is 4.68 Å². The highest BCUT2D eigenvalue weighted by molar-refractivity contribution is 7.12. The average Bonchev–Trinajstić information content (AvgIpc) is 3.15. The van der Waals surface area contributed by atoms with Gasteiger partial charge in [0.25, 0.3) is 0 Å². The van der Waals surface area contributed by atoms with Gasteiger partial charge < -0.3 is 5.32 Å². The van der Waals surface area contributed by atoms with Crippen LogP contribution < -0.4 is 5.32 Å². The normalized spacial score (nSPS) is 12.5. The summed E-state index contributed by atoms with van der Waals surface area (Å²) in [5, 5.41) is 8.14. The zero-order valence-electron chi connectivity index (χ0n) is 12.3. The van der Waals surface area contributed by atoms with Crippen LogP contribution in [0.5, 0.6) is 0 Å². The summed E-state index contributed by atoms with van der Waals surface area (Å²) in [4.78, 5) is 2.72. The van der Waals surface area contributed by atoms with Crippen LogP contribution in [0.2, 0.25) is 0 Å². The van der Waals surface area contributed by atoms with E-state index < -0.39 is 0 Å². The molecule has 0 aliphatic rings. The van der Waals surface area contributed by atoms with Crippen LogP contribution in [0.4, 0.5) is 0 Å². The van der Waals surface area contributed by atoms with Crippen LogP contribution in [0.3, 0.4) is 0 Å². The van der Waals surface area contributed by atoms with E-state index in [2.05, 4.69) is 54.6 Å². The molecule has 21 heavy (non-hydrogen) atoms. The lowest BCUT2D eigenvalue weighted by atomic mass is 10.2. The van der Waals surface area contributed by atoms with E-state index in [-0.39, 0.29) is 0 Å². The summed E-state index contributed by atoms with van der Waals surface area (Å²) < 4.78 is 1.91. The van der Waals surface area contributed by atoms with Gasteiger partial charge in [-0.3, -0.25) is 0 Å². The standard InChI is InChI=1S/C17H19N3S/c1-13-8-9-17(21-13)14(2)18-12-15-10-11-20(19-15)16-6-4-3-5-7-16/h3-11,14,18H,12H2,1-2H3. The summed E-state index contributed by atoms with van der Waals surface area (Å²) in [6.45, 7) is 5.11. The Balaban J connectivity index is 1.63. The fourth-order valence-corrected chi connectivity index (χ4v) is 3.13. The van der Waals surface area contributed by atoms with Gasteiger partial charge in [-0.1, -0.05) is 18.2 Å². The van der Waals surface area contributed by atoms with Crippen LogP contribution in [-0.2, 0) is 6.54 Å². The van der Waals surface area contributed by atoms with Crippen LogP contribution in [0, 0.1) is 6.92 Å². The number of aryl methyl sites for hydroxylation is 1. The summed E-state index contributed by atoms with van der Waals surface area (Å²) >= 11 is 1.84. The highest BCUT2D eigenvalue weighted by Gasteiger charge is 2.08. The first-order chi connectivity index (χ1) is 10.2. The van der Waals surface area contributed by atoms with Crippen molar-refractivity contribution in [1.82, 2.24) is 15.1 Å². The summed E-state index contributed by atoms with van der Waals surface area (Å²) in [5.74, 6) is 0. The predicted molar refractivity (Wildman–Crippen MR) is 87.9 cm³/mol. The quantitative estimate of drug-likeness (QED) is 0.768. The van der Waals surface area contributed by atoms with Crippen molar-refractivity contribution in [2.24, 2.45) is 0 Å². The minimum Gasteiger partial charge on any atom is -0.304 e. The first-order valence-corrected chi connectivity index (χ1v) is 7.94. The Bertz CT molecular complexity index is 700. The second kappa shape index (κ2) is 6.24. The third-order valence-electron chi connectivity index (χ3n) is 3.44. The number of thiophene rings is 1. The molecular weight excluding hydrogens is 278 g/mol. The maximum Gasteiger partial charge on any atom is 0.0767 e. The molecule has 0 saturated heterocycles. The molecule has 1 aromatic carbocycles. The van der Waals surface area contributed by atoms with Crippen molar-refractivity contribution in [2.75, 3.05) is 0 Å². The van der Waals surface area contributed by atoms with Crippen molar-refractivity contribution in [2.45, 2.75) is 26.4 Å². The predicted octanol–water partition coefficient (Wildman–Crippen LogP) is 4.09. The number of aromatic nitrogens is 2. The summed E-state index contributed by atoms with van der Waals surface area (Å²) in [7, 11) is 0. The maximum atomic E-state index is 4.61. The maximum absolute atomic E-state index is 4.61. The monoisotopic (exact) mass is 297 g/mol. The molecule has 4 heteroatoms. The summed E-state index contributed by atoms with van der Waals surface area (Å²) in [6, 6.07) is 17.0. The average molecular weight is 297 g/mol. The molecule has 0 aliphatic heterocycles. The van der Waals surface area contributed by atoms with E-state index in [9.17, 15) is 0 Å². The Hall–Kier alpha value is -1.91. The van der Waals surface area contributed by atoms with E-state index in [4.69, 9.17) is 0 Å². The van der Waals surface area contributed by atoms with Gasteiger partial charge in [-0.05, 0) is 44.2 Å². The molecule has 0 amide bonds. The molecule has 0 fully saturated rings. The fraction of sp³-hybridized carbons (Fsp3) is 0.235. The van der Waals surface area contributed by atoms with Gasteiger partial charge in [0.05, 0.1) is 11.4 Å². The van der Waals surface area contributed by atoms with Gasteiger partial charge >= 0.3 is 0 Å². The Morgan fingerprint density at radius 1 is 1.14 bits per heavy atom. The molecule has 0 radical (unpaired) electrons. The minimum absolute atomic E-state index is 0.352. The van der Waals surface area contributed by atoms with E-state index in [1.807, 2.05) is 40.4 Å². The Kier molecular flexibility index (Phi) is 4.18. The van der Waals surface area contributed by atoms with Crippen molar-refractivity contribution in [3.63, 3.8) is 0 Å². The van der Waals surface area contributed by atoms with Crippen molar-refractivity contribution in [3.8, 4) is 5.69 Å². The van der Waals surface area contributed by atoms with Crippen LogP contribution in [-0.4, -0.2) is 9.78 Å². The van der Waals surface area contributed by atoms with E-state index in [0.29, 0.717) is 6.04 Å². The Labute approximate surface area is 129 Å². The highest BCUT2D eigenvalue weighted by atomic mass is 32.1. The van der Waals surface area contributed by atoms with Gasteiger partial charge in [-0.2, -0.15) is 5.10 Å². The molecule has 3 aromatic rings. The van der Waals surface area contributed by atoms with Crippen LogP contribution in [0.1, 0.15) is 28.4 Å². The zero-order chi connectivity index (χ0) is 14.7. The number of hydrogen-bond donors (Lipinski definition) is 1. The second-order valence-electron chi connectivity index (χ2n) is 5.14. The second-order valence-corrected chi connectivity index (χ2v) is 6.46. The molecule has 0 spiro atoms. The number of nitrogens with zero attached hydrogens (tertiary/aromatic N) is 2. The molecule has 0 bridgehead atoms. The number of hydrogen-bond acceptors (Lipinski definition) is 3. The van der Waals surface area contributed by atoms with E-state index in [0.717, 1.165) is 17.9 Å². The zero-order valence-corrected chi connectivity index (χ0v) is 13.1. The van der Waals surface area contributed by atoms with Gasteiger partial charge in [0.15, 0.2) is 0 Å². The summed E-state index contributed by atoms with van der Waals surface area (Å²) in [6.07, 6.45) is 2.01. The SMILES string of the molecule is Cc1ccc(C(C)NCc2ccn(-c3ccccc3)n2)s1.